The number of nitro benzene ring substituents is 1. The third-order valence-electron chi connectivity index (χ3n) is 5.79. The van der Waals surface area contributed by atoms with Gasteiger partial charge < -0.3 is 4.42 Å². The van der Waals surface area contributed by atoms with Gasteiger partial charge in [-0.1, -0.05) is 36.8 Å². The van der Waals surface area contributed by atoms with E-state index < -0.39 is 4.92 Å². The van der Waals surface area contributed by atoms with Gasteiger partial charge in [0.25, 0.3) is 11.6 Å². The first-order valence-electron chi connectivity index (χ1n) is 11.0. The zero-order valence-electron chi connectivity index (χ0n) is 19.4. The molecule has 34 heavy (non-hydrogen) atoms. The predicted molar refractivity (Wildman–Crippen MR) is 136 cm³/mol. The van der Waals surface area contributed by atoms with Gasteiger partial charge in [-0.3, -0.25) is 19.8 Å². The second-order valence-corrected chi connectivity index (χ2v) is 9.19. The van der Waals surface area contributed by atoms with Crippen LogP contribution in [0.25, 0.3) is 17.4 Å². The van der Waals surface area contributed by atoms with Crippen LogP contribution in [-0.4, -0.2) is 26.9 Å². The molecule has 1 atom stereocenters. The topological polar surface area (TPSA) is 89.0 Å². The van der Waals surface area contributed by atoms with E-state index in [0.29, 0.717) is 32.7 Å². The lowest BCUT2D eigenvalue weighted by Crippen LogP contribution is -2.36. The summed E-state index contributed by atoms with van der Waals surface area (Å²) < 4.78 is 5.96. The third-order valence-corrected chi connectivity index (χ3v) is 6.78. The number of nitro groups is 1. The highest BCUT2D eigenvalue weighted by molar-refractivity contribution is 8.18. The van der Waals surface area contributed by atoms with Crippen LogP contribution in [0.5, 0.6) is 0 Å². The molecule has 1 aliphatic rings. The molecule has 4 rings (SSSR count). The highest BCUT2D eigenvalue weighted by Gasteiger charge is 2.36. The Kier molecular flexibility index (Phi) is 6.70. The second-order valence-electron chi connectivity index (χ2n) is 8.18. The van der Waals surface area contributed by atoms with Gasteiger partial charge in [0.05, 0.1) is 15.5 Å². The van der Waals surface area contributed by atoms with Gasteiger partial charge in [0.2, 0.25) is 0 Å². The maximum atomic E-state index is 13.3. The molecule has 3 aromatic rings. The fourth-order valence-corrected chi connectivity index (χ4v) is 4.73. The molecule has 0 radical (unpaired) electrons. The van der Waals surface area contributed by atoms with Gasteiger partial charge in [0.15, 0.2) is 5.17 Å². The molecule has 0 bridgehead atoms. The molecule has 0 saturated carbocycles. The summed E-state index contributed by atoms with van der Waals surface area (Å²) in [6.45, 7) is 7.75. The minimum absolute atomic E-state index is 0.00484. The first-order valence-corrected chi connectivity index (χ1v) is 11.8. The zero-order valence-corrected chi connectivity index (χ0v) is 20.3. The molecular weight excluding hydrogens is 450 g/mol. The number of benzene rings is 2. The first kappa shape index (κ1) is 23.5. The first-order chi connectivity index (χ1) is 16.3. The number of rotatable bonds is 6. The van der Waals surface area contributed by atoms with Crippen molar-refractivity contribution in [2.75, 3.05) is 0 Å². The monoisotopic (exact) mass is 475 g/mol. The van der Waals surface area contributed by atoms with E-state index in [1.54, 1.807) is 42.2 Å². The largest absolute Gasteiger partial charge is 0.457 e. The lowest BCUT2D eigenvalue weighted by molar-refractivity contribution is -0.385. The van der Waals surface area contributed by atoms with Gasteiger partial charge in [0, 0.05) is 29.3 Å². The SMILES string of the molecule is CC[C@@H](C)N1C(=O)/C(=C\c2ccc(-c3cccc([N+](=O)[O-])c3C)o2)SC1=Nc1ccc(C)cc1. The second kappa shape index (κ2) is 9.69. The highest BCUT2D eigenvalue weighted by atomic mass is 32.2. The summed E-state index contributed by atoms with van der Waals surface area (Å²) in [5, 5.41) is 11.9. The number of furan rings is 1. The van der Waals surface area contributed by atoms with E-state index in [1.807, 2.05) is 45.0 Å². The van der Waals surface area contributed by atoms with Crippen molar-refractivity contribution >= 4 is 40.3 Å². The average molecular weight is 476 g/mol. The zero-order chi connectivity index (χ0) is 24.4. The number of nitrogens with zero attached hydrogens (tertiary/aromatic N) is 3. The normalized spacial score (nSPS) is 17.1. The van der Waals surface area contributed by atoms with E-state index >= 15 is 0 Å². The van der Waals surface area contributed by atoms with Crippen LogP contribution in [0.4, 0.5) is 11.4 Å². The summed E-state index contributed by atoms with van der Waals surface area (Å²) in [6, 6.07) is 16.3. The van der Waals surface area contributed by atoms with Gasteiger partial charge in [-0.05, 0) is 63.2 Å². The van der Waals surface area contributed by atoms with Crippen molar-refractivity contribution in [1.29, 1.82) is 0 Å². The Labute approximate surface area is 202 Å². The molecule has 1 amide bonds. The summed E-state index contributed by atoms with van der Waals surface area (Å²) in [5.41, 5.74) is 3.15. The number of carbonyl (C=O) groups is 1. The Morgan fingerprint density at radius 2 is 1.88 bits per heavy atom. The Bertz CT molecular complexity index is 1310. The number of thioether (sulfide) groups is 1. The quantitative estimate of drug-likeness (QED) is 0.220. The highest BCUT2D eigenvalue weighted by Crippen LogP contribution is 2.37. The van der Waals surface area contributed by atoms with Crippen molar-refractivity contribution in [1.82, 2.24) is 4.90 Å². The van der Waals surface area contributed by atoms with Crippen molar-refractivity contribution in [2.45, 2.75) is 40.2 Å². The lowest BCUT2D eigenvalue weighted by atomic mass is 10.1. The van der Waals surface area contributed by atoms with Gasteiger partial charge in [-0.15, -0.1) is 0 Å². The van der Waals surface area contributed by atoms with Gasteiger partial charge in [-0.25, -0.2) is 4.99 Å². The van der Waals surface area contributed by atoms with E-state index in [4.69, 9.17) is 9.41 Å². The van der Waals surface area contributed by atoms with Crippen LogP contribution in [0.2, 0.25) is 0 Å². The minimum atomic E-state index is -0.406. The summed E-state index contributed by atoms with van der Waals surface area (Å²) in [5.74, 6) is 0.892. The number of hydrogen-bond donors (Lipinski definition) is 0. The van der Waals surface area contributed by atoms with Crippen LogP contribution < -0.4 is 0 Å². The Hall–Kier alpha value is -3.65. The Morgan fingerprint density at radius 1 is 1.15 bits per heavy atom. The molecule has 7 nitrogen and oxygen atoms in total. The van der Waals surface area contributed by atoms with Crippen LogP contribution in [0.3, 0.4) is 0 Å². The van der Waals surface area contributed by atoms with E-state index in [2.05, 4.69) is 0 Å². The maximum absolute atomic E-state index is 13.3. The van der Waals surface area contributed by atoms with E-state index in [9.17, 15) is 14.9 Å². The summed E-state index contributed by atoms with van der Waals surface area (Å²) in [7, 11) is 0. The lowest BCUT2D eigenvalue weighted by Gasteiger charge is -2.22. The average Bonchev–Trinajstić information content (AvgIpc) is 3.39. The van der Waals surface area contributed by atoms with Gasteiger partial charge in [0.1, 0.15) is 11.5 Å². The molecule has 0 unspecified atom stereocenters. The molecule has 2 heterocycles. The number of aryl methyl sites for hydroxylation is 1. The molecule has 174 valence electrons. The molecule has 1 fully saturated rings. The molecular formula is C26H25N3O4S. The summed E-state index contributed by atoms with van der Waals surface area (Å²) in [6.07, 6.45) is 2.50. The molecule has 1 aromatic heterocycles. The summed E-state index contributed by atoms with van der Waals surface area (Å²) >= 11 is 1.32. The fourth-order valence-electron chi connectivity index (χ4n) is 3.66. The van der Waals surface area contributed by atoms with Crippen LogP contribution in [0, 0.1) is 24.0 Å². The number of amidine groups is 1. The smallest absolute Gasteiger partial charge is 0.273 e. The van der Waals surface area contributed by atoms with Gasteiger partial charge in [-0.2, -0.15) is 0 Å². The van der Waals surface area contributed by atoms with E-state index in [-0.39, 0.29) is 17.6 Å². The molecule has 0 spiro atoms. The van der Waals surface area contributed by atoms with Gasteiger partial charge >= 0.3 is 0 Å². The van der Waals surface area contributed by atoms with E-state index in [1.165, 1.54) is 17.8 Å². The van der Waals surface area contributed by atoms with Crippen molar-refractivity contribution < 1.29 is 14.1 Å². The fraction of sp³-hybridized carbons (Fsp3) is 0.231. The molecule has 1 aliphatic heterocycles. The Morgan fingerprint density at radius 3 is 2.56 bits per heavy atom. The molecule has 8 heteroatoms. The van der Waals surface area contributed by atoms with E-state index in [0.717, 1.165) is 17.7 Å². The number of amides is 1. The number of hydrogen-bond acceptors (Lipinski definition) is 6. The number of carbonyl (C=O) groups excluding carboxylic acids is 1. The van der Waals surface area contributed by atoms with Crippen LogP contribution in [-0.2, 0) is 4.79 Å². The Balaban J connectivity index is 1.67. The standard InChI is InChI=1S/C26H25N3O4S/c1-5-17(3)28-25(30)24(34-26(28)27-19-11-9-16(2)10-12-19)15-20-13-14-23(33-20)21-7-6-8-22(18(21)4)29(31)32/h6-15,17H,5H2,1-4H3/b24-15+,27-26?/t17-/m1/s1. The van der Waals surface area contributed by atoms with Crippen molar-refractivity contribution in [2.24, 2.45) is 4.99 Å². The number of aliphatic imine (C=N–C) groups is 1. The van der Waals surface area contributed by atoms with Crippen molar-refractivity contribution in [3.8, 4) is 11.3 Å². The van der Waals surface area contributed by atoms with Crippen LogP contribution in [0.15, 0.2) is 68.9 Å². The molecule has 2 aromatic carbocycles. The van der Waals surface area contributed by atoms with Crippen molar-refractivity contribution in [3.63, 3.8) is 0 Å². The predicted octanol–water partition coefficient (Wildman–Crippen LogP) is 6.87. The van der Waals surface area contributed by atoms with Crippen LogP contribution in [0.1, 0.15) is 37.2 Å². The summed E-state index contributed by atoms with van der Waals surface area (Å²) in [4.78, 5) is 31.1. The minimum Gasteiger partial charge on any atom is -0.457 e. The molecule has 0 aliphatic carbocycles. The van der Waals surface area contributed by atoms with Crippen molar-refractivity contribution in [3.05, 3.63) is 86.5 Å². The third kappa shape index (κ3) is 4.68. The van der Waals surface area contributed by atoms with Crippen LogP contribution >= 0.6 is 11.8 Å². The molecule has 1 saturated heterocycles. The molecule has 0 N–H and O–H groups in total. The maximum Gasteiger partial charge on any atom is 0.273 e.